The van der Waals surface area contributed by atoms with Gasteiger partial charge in [0.2, 0.25) is 6.04 Å². The Bertz CT molecular complexity index is 151. The fraction of sp³-hybridized carbons (Fsp3) is 0.750. The zero-order valence-electron chi connectivity index (χ0n) is 5.92. The molecule has 2 nitrogen and oxygen atoms in total. The van der Waals surface area contributed by atoms with Gasteiger partial charge in [-0.05, 0) is 12.8 Å². The Labute approximate surface area is 61.1 Å². The number of nitrogens with zero attached hydrogens (tertiary/aromatic N) is 1. The second-order valence-corrected chi connectivity index (χ2v) is 2.83. The van der Waals surface area contributed by atoms with Crippen molar-refractivity contribution in [3.8, 4) is 0 Å². The van der Waals surface area contributed by atoms with E-state index in [0.717, 1.165) is 32.0 Å². The zero-order chi connectivity index (χ0) is 7.40. The van der Waals surface area contributed by atoms with Crippen LogP contribution in [0.3, 0.4) is 0 Å². The van der Waals surface area contributed by atoms with Crippen molar-refractivity contribution >= 4 is 6.29 Å². The molecule has 1 aliphatic rings. The second-order valence-electron chi connectivity index (χ2n) is 2.83. The largest absolute Gasteiger partial charge is 0.314 e. The molecule has 1 rings (SSSR count). The van der Waals surface area contributed by atoms with Gasteiger partial charge in [0, 0.05) is 18.8 Å². The fourth-order valence-electron chi connectivity index (χ4n) is 1.37. The summed E-state index contributed by atoms with van der Waals surface area (Å²) in [4.78, 5) is 13.7. The van der Waals surface area contributed by atoms with Crippen LogP contribution in [-0.4, -0.2) is 12.3 Å². The SMILES string of the molecule is [C-]#[N+]C1CCC(C=O)CC1. The summed E-state index contributed by atoms with van der Waals surface area (Å²) in [7, 11) is 0. The number of hydrogen-bond acceptors (Lipinski definition) is 1. The van der Waals surface area contributed by atoms with Crippen LogP contribution >= 0.6 is 0 Å². The van der Waals surface area contributed by atoms with E-state index in [0.29, 0.717) is 0 Å². The Kier molecular flexibility index (Phi) is 2.44. The Morgan fingerprint density at radius 1 is 1.30 bits per heavy atom. The Hall–Kier alpha value is -0.840. The molecular formula is C8H11NO. The summed E-state index contributed by atoms with van der Waals surface area (Å²) in [5.74, 6) is 0.248. The lowest BCUT2D eigenvalue weighted by molar-refractivity contribution is -0.111. The van der Waals surface area contributed by atoms with Crippen LogP contribution in [0, 0.1) is 12.5 Å². The third-order valence-corrected chi connectivity index (χ3v) is 2.12. The van der Waals surface area contributed by atoms with Gasteiger partial charge in [0.05, 0.1) is 0 Å². The molecule has 0 spiro atoms. The monoisotopic (exact) mass is 137 g/mol. The fourth-order valence-corrected chi connectivity index (χ4v) is 1.37. The van der Waals surface area contributed by atoms with Gasteiger partial charge >= 0.3 is 0 Å². The number of rotatable bonds is 1. The van der Waals surface area contributed by atoms with E-state index in [-0.39, 0.29) is 12.0 Å². The Morgan fingerprint density at radius 3 is 2.30 bits per heavy atom. The molecule has 0 saturated heterocycles. The van der Waals surface area contributed by atoms with Crippen LogP contribution in [0.1, 0.15) is 25.7 Å². The summed E-state index contributed by atoms with van der Waals surface area (Å²) < 4.78 is 0. The summed E-state index contributed by atoms with van der Waals surface area (Å²) in [5, 5.41) is 0. The number of carbonyl (C=O) groups excluding carboxylic acids is 1. The van der Waals surface area contributed by atoms with Crippen LogP contribution in [0.5, 0.6) is 0 Å². The quantitative estimate of drug-likeness (QED) is 0.398. The molecule has 10 heavy (non-hydrogen) atoms. The summed E-state index contributed by atoms with van der Waals surface area (Å²) in [6.07, 6.45) is 4.73. The van der Waals surface area contributed by atoms with Gasteiger partial charge in [0.15, 0.2) is 0 Å². The topological polar surface area (TPSA) is 21.4 Å². The van der Waals surface area contributed by atoms with E-state index >= 15 is 0 Å². The van der Waals surface area contributed by atoms with Crippen molar-refractivity contribution in [2.75, 3.05) is 0 Å². The molecule has 0 amide bonds. The molecule has 2 heteroatoms. The summed E-state index contributed by atoms with van der Waals surface area (Å²) in [6, 6.07) is 0.205. The van der Waals surface area contributed by atoms with Crippen molar-refractivity contribution in [1.82, 2.24) is 0 Å². The van der Waals surface area contributed by atoms with E-state index < -0.39 is 0 Å². The van der Waals surface area contributed by atoms with Crippen molar-refractivity contribution < 1.29 is 4.79 Å². The lowest BCUT2D eigenvalue weighted by atomic mass is 9.87. The molecule has 0 aromatic carbocycles. The minimum absolute atomic E-state index is 0.205. The van der Waals surface area contributed by atoms with E-state index in [1.54, 1.807) is 0 Å². The Morgan fingerprint density at radius 2 is 1.90 bits per heavy atom. The minimum atomic E-state index is 0.205. The number of hydrogen-bond donors (Lipinski definition) is 0. The van der Waals surface area contributed by atoms with Crippen molar-refractivity contribution in [2.45, 2.75) is 31.7 Å². The average molecular weight is 137 g/mol. The third-order valence-electron chi connectivity index (χ3n) is 2.12. The first-order valence-electron chi connectivity index (χ1n) is 3.68. The number of carbonyl (C=O) groups is 1. The van der Waals surface area contributed by atoms with Gasteiger partial charge in [-0.25, -0.2) is 6.57 Å². The molecule has 0 atom stereocenters. The van der Waals surface area contributed by atoms with E-state index in [2.05, 4.69) is 4.85 Å². The molecule has 0 aromatic rings. The predicted octanol–water partition coefficient (Wildman–Crippen LogP) is 1.66. The molecule has 1 saturated carbocycles. The maximum atomic E-state index is 10.3. The van der Waals surface area contributed by atoms with Gasteiger partial charge < -0.3 is 9.64 Å². The molecular weight excluding hydrogens is 126 g/mol. The highest BCUT2D eigenvalue weighted by atomic mass is 16.1. The maximum absolute atomic E-state index is 10.3. The first-order valence-corrected chi connectivity index (χ1v) is 3.68. The van der Waals surface area contributed by atoms with E-state index in [1.807, 2.05) is 0 Å². The molecule has 0 radical (unpaired) electrons. The molecule has 54 valence electrons. The van der Waals surface area contributed by atoms with Gasteiger partial charge in [0.1, 0.15) is 6.29 Å². The van der Waals surface area contributed by atoms with Crippen molar-refractivity contribution in [1.29, 1.82) is 0 Å². The van der Waals surface area contributed by atoms with Gasteiger partial charge in [-0.2, -0.15) is 0 Å². The predicted molar refractivity (Wildman–Crippen MR) is 38.4 cm³/mol. The van der Waals surface area contributed by atoms with E-state index in [1.165, 1.54) is 0 Å². The van der Waals surface area contributed by atoms with Crippen LogP contribution in [-0.2, 0) is 4.79 Å². The van der Waals surface area contributed by atoms with Crippen molar-refractivity contribution in [2.24, 2.45) is 5.92 Å². The van der Waals surface area contributed by atoms with Crippen LogP contribution < -0.4 is 0 Å². The van der Waals surface area contributed by atoms with Gasteiger partial charge in [0.25, 0.3) is 0 Å². The molecule has 0 heterocycles. The number of aldehydes is 1. The van der Waals surface area contributed by atoms with Crippen molar-refractivity contribution in [3.05, 3.63) is 11.4 Å². The van der Waals surface area contributed by atoms with Crippen LogP contribution in [0.25, 0.3) is 4.85 Å². The highest BCUT2D eigenvalue weighted by Gasteiger charge is 2.23. The van der Waals surface area contributed by atoms with Gasteiger partial charge in [-0.15, -0.1) is 0 Å². The second kappa shape index (κ2) is 3.36. The molecule has 0 aromatic heterocycles. The van der Waals surface area contributed by atoms with Crippen LogP contribution in [0.2, 0.25) is 0 Å². The molecule has 0 aliphatic heterocycles. The van der Waals surface area contributed by atoms with Crippen LogP contribution in [0.15, 0.2) is 0 Å². The van der Waals surface area contributed by atoms with E-state index in [4.69, 9.17) is 6.57 Å². The molecule has 0 unspecified atom stereocenters. The molecule has 1 fully saturated rings. The zero-order valence-corrected chi connectivity index (χ0v) is 5.92. The first kappa shape index (κ1) is 7.27. The lowest BCUT2D eigenvalue weighted by Gasteiger charge is -2.16. The standard InChI is InChI=1S/C8H11NO/c1-9-8-4-2-7(6-10)3-5-8/h6-8H,2-5H2. The maximum Gasteiger partial charge on any atom is 0.223 e. The summed E-state index contributed by atoms with van der Waals surface area (Å²) >= 11 is 0. The molecule has 0 N–H and O–H groups in total. The average Bonchev–Trinajstić information content (AvgIpc) is 2.05. The smallest absolute Gasteiger partial charge is 0.223 e. The summed E-state index contributed by atoms with van der Waals surface area (Å²) in [5.41, 5.74) is 0. The van der Waals surface area contributed by atoms with E-state index in [9.17, 15) is 4.79 Å². The highest BCUT2D eigenvalue weighted by Crippen LogP contribution is 2.24. The summed E-state index contributed by atoms with van der Waals surface area (Å²) in [6.45, 7) is 6.76. The van der Waals surface area contributed by atoms with Crippen molar-refractivity contribution in [3.63, 3.8) is 0 Å². The Balaban J connectivity index is 2.32. The highest BCUT2D eigenvalue weighted by molar-refractivity contribution is 5.53. The first-order chi connectivity index (χ1) is 4.86. The van der Waals surface area contributed by atoms with Crippen LogP contribution in [0.4, 0.5) is 0 Å². The van der Waals surface area contributed by atoms with Gasteiger partial charge in [-0.3, -0.25) is 0 Å². The van der Waals surface area contributed by atoms with Gasteiger partial charge in [-0.1, -0.05) is 0 Å². The minimum Gasteiger partial charge on any atom is -0.314 e. The molecule has 0 bridgehead atoms. The molecule has 1 aliphatic carbocycles. The lowest BCUT2D eigenvalue weighted by Crippen LogP contribution is -2.16. The third kappa shape index (κ3) is 1.57. The normalized spacial score (nSPS) is 32.7.